The van der Waals surface area contributed by atoms with E-state index in [0.29, 0.717) is 6.04 Å². The highest BCUT2D eigenvalue weighted by Gasteiger charge is 2.21. The monoisotopic (exact) mass is 229 g/mol. The quantitative estimate of drug-likeness (QED) is 0.762. The molecule has 0 spiro atoms. The van der Waals surface area contributed by atoms with Crippen LogP contribution in [0, 0.1) is 5.92 Å². The van der Waals surface area contributed by atoms with Gasteiger partial charge in [-0.25, -0.2) is 4.98 Å². The minimum atomic E-state index is 0.618. The van der Waals surface area contributed by atoms with Gasteiger partial charge in [-0.3, -0.25) is 0 Å². The van der Waals surface area contributed by atoms with Crippen LogP contribution in [0.15, 0.2) is 24.5 Å². The number of rotatable bonds is 1. The van der Waals surface area contributed by atoms with E-state index in [2.05, 4.69) is 22.5 Å². The van der Waals surface area contributed by atoms with Crippen molar-refractivity contribution in [2.24, 2.45) is 5.92 Å². The van der Waals surface area contributed by atoms with Crippen molar-refractivity contribution in [2.45, 2.75) is 38.6 Å². The molecule has 1 aromatic carbocycles. The fraction of sp³-hybridized carbons (Fsp3) is 0.500. The number of hydrogen-bond donors (Lipinski definition) is 1. The molecule has 0 radical (unpaired) electrons. The van der Waals surface area contributed by atoms with E-state index in [4.69, 9.17) is 5.73 Å². The Hall–Kier alpha value is -1.51. The molecule has 0 aliphatic heterocycles. The molecule has 0 amide bonds. The van der Waals surface area contributed by atoms with Crippen LogP contribution in [0.2, 0.25) is 0 Å². The number of nitrogens with two attached hydrogens (primary N) is 1. The van der Waals surface area contributed by atoms with Crippen LogP contribution in [-0.2, 0) is 0 Å². The highest BCUT2D eigenvalue weighted by atomic mass is 15.1. The van der Waals surface area contributed by atoms with Gasteiger partial charge in [-0.2, -0.15) is 0 Å². The first kappa shape index (κ1) is 10.6. The fourth-order valence-electron chi connectivity index (χ4n) is 2.99. The van der Waals surface area contributed by atoms with E-state index in [-0.39, 0.29) is 0 Å². The maximum Gasteiger partial charge on any atom is 0.0960 e. The molecule has 3 heteroatoms. The summed E-state index contributed by atoms with van der Waals surface area (Å²) in [6.45, 7) is 2.35. The van der Waals surface area contributed by atoms with E-state index in [1.807, 2.05) is 18.5 Å². The lowest BCUT2D eigenvalue weighted by Crippen LogP contribution is -2.16. The summed E-state index contributed by atoms with van der Waals surface area (Å²) in [5.74, 6) is 0.833. The van der Waals surface area contributed by atoms with Gasteiger partial charge in [-0.1, -0.05) is 19.8 Å². The summed E-state index contributed by atoms with van der Waals surface area (Å²) in [4.78, 5) is 4.46. The molecular formula is C14H19N3. The van der Waals surface area contributed by atoms with Gasteiger partial charge in [0, 0.05) is 11.7 Å². The minimum Gasteiger partial charge on any atom is -0.399 e. The number of imidazole rings is 1. The number of aromatic nitrogens is 2. The summed E-state index contributed by atoms with van der Waals surface area (Å²) in [6, 6.07) is 6.63. The Labute approximate surface area is 102 Å². The van der Waals surface area contributed by atoms with Gasteiger partial charge in [0.15, 0.2) is 0 Å². The van der Waals surface area contributed by atoms with Gasteiger partial charge in [-0.15, -0.1) is 0 Å². The fourth-order valence-corrected chi connectivity index (χ4v) is 2.99. The Balaban J connectivity index is 1.99. The van der Waals surface area contributed by atoms with Crippen LogP contribution in [0.3, 0.4) is 0 Å². The molecule has 1 fully saturated rings. The predicted molar refractivity (Wildman–Crippen MR) is 70.8 cm³/mol. The van der Waals surface area contributed by atoms with Crippen LogP contribution in [0.25, 0.3) is 11.0 Å². The smallest absolute Gasteiger partial charge is 0.0960 e. The molecule has 0 saturated heterocycles. The summed E-state index contributed by atoms with van der Waals surface area (Å²) < 4.78 is 2.34. The van der Waals surface area contributed by atoms with Gasteiger partial charge >= 0.3 is 0 Å². The number of fused-ring (bicyclic) bond motifs is 1. The molecule has 2 aromatic rings. The van der Waals surface area contributed by atoms with E-state index in [1.165, 1.54) is 31.2 Å². The number of nitrogens with zero attached hydrogens (tertiary/aromatic N) is 2. The number of benzene rings is 1. The Kier molecular flexibility index (Phi) is 2.54. The van der Waals surface area contributed by atoms with Gasteiger partial charge in [0.25, 0.3) is 0 Å². The van der Waals surface area contributed by atoms with Gasteiger partial charge in [0.2, 0.25) is 0 Å². The summed E-state index contributed by atoms with van der Waals surface area (Å²) in [5, 5.41) is 0. The second-order valence-electron chi connectivity index (χ2n) is 5.33. The van der Waals surface area contributed by atoms with Crippen LogP contribution in [0.1, 0.15) is 38.6 Å². The summed E-state index contributed by atoms with van der Waals surface area (Å²) in [6.07, 6.45) is 7.24. The summed E-state index contributed by atoms with van der Waals surface area (Å²) in [7, 11) is 0. The van der Waals surface area contributed by atoms with Crippen LogP contribution >= 0.6 is 0 Å². The van der Waals surface area contributed by atoms with E-state index in [9.17, 15) is 0 Å². The van der Waals surface area contributed by atoms with Gasteiger partial charge in [-0.05, 0) is 37.0 Å². The molecule has 3 nitrogen and oxygen atoms in total. The molecule has 1 aromatic heterocycles. The van der Waals surface area contributed by atoms with Crippen molar-refractivity contribution in [1.82, 2.24) is 9.55 Å². The number of anilines is 1. The van der Waals surface area contributed by atoms with Crippen molar-refractivity contribution in [2.75, 3.05) is 5.73 Å². The van der Waals surface area contributed by atoms with E-state index in [1.54, 1.807) is 0 Å². The average molecular weight is 229 g/mol. The van der Waals surface area contributed by atoms with Gasteiger partial charge in [0.1, 0.15) is 0 Å². The first-order chi connectivity index (χ1) is 8.24. The molecule has 2 atom stereocenters. The van der Waals surface area contributed by atoms with Crippen molar-refractivity contribution in [3.05, 3.63) is 24.5 Å². The molecule has 2 N–H and O–H groups in total. The largest absolute Gasteiger partial charge is 0.399 e. The topological polar surface area (TPSA) is 43.8 Å². The van der Waals surface area contributed by atoms with Crippen molar-refractivity contribution >= 4 is 16.7 Å². The van der Waals surface area contributed by atoms with Gasteiger partial charge in [0.05, 0.1) is 17.4 Å². The highest BCUT2D eigenvalue weighted by molar-refractivity contribution is 5.79. The Morgan fingerprint density at radius 2 is 2.24 bits per heavy atom. The van der Waals surface area contributed by atoms with Crippen LogP contribution < -0.4 is 5.73 Å². The van der Waals surface area contributed by atoms with Crippen LogP contribution in [-0.4, -0.2) is 9.55 Å². The summed E-state index contributed by atoms with van der Waals surface area (Å²) in [5.41, 5.74) is 8.81. The Morgan fingerprint density at radius 1 is 1.35 bits per heavy atom. The molecule has 17 heavy (non-hydrogen) atoms. The van der Waals surface area contributed by atoms with Crippen LogP contribution in [0.5, 0.6) is 0 Å². The zero-order valence-electron chi connectivity index (χ0n) is 10.3. The zero-order valence-corrected chi connectivity index (χ0v) is 10.3. The predicted octanol–water partition coefficient (Wildman–Crippen LogP) is 3.37. The lowest BCUT2D eigenvalue weighted by atomic mass is 9.87. The Morgan fingerprint density at radius 3 is 3.06 bits per heavy atom. The first-order valence-electron chi connectivity index (χ1n) is 6.46. The Bertz CT molecular complexity index is 529. The summed E-state index contributed by atoms with van der Waals surface area (Å²) >= 11 is 0. The van der Waals surface area contributed by atoms with Crippen LogP contribution in [0.4, 0.5) is 5.69 Å². The third kappa shape index (κ3) is 1.90. The van der Waals surface area contributed by atoms with E-state index in [0.717, 1.165) is 17.1 Å². The molecule has 1 saturated carbocycles. The molecular weight excluding hydrogens is 210 g/mol. The number of nitrogen functional groups attached to an aromatic ring is 1. The number of hydrogen-bond acceptors (Lipinski definition) is 2. The molecule has 1 aliphatic carbocycles. The second-order valence-corrected chi connectivity index (χ2v) is 5.33. The minimum absolute atomic E-state index is 0.618. The first-order valence-corrected chi connectivity index (χ1v) is 6.46. The average Bonchev–Trinajstić information content (AvgIpc) is 2.71. The molecule has 0 bridgehead atoms. The van der Waals surface area contributed by atoms with Crippen molar-refractivity contribution in [3.63, 3.8) is 0 Å². The third-order valence-electron chi connectivity index (χ3n) is 3.90. The van der Waals surface area contributed by atoms with Crippen molar-refractivity contribution in [1.29, 1.82) is 0 Å². The molecule has 90 valence electrons. The normalized spacial score (nSPS) is 25.2. The maximum atomic E-state index is 5.78. The van der Waals surface area contributed by atoms with Crippen molar-refractivity contribution in [3.8, 4) is 0 Å². The standard InChI is InChI=1S/C14H19N3/c1-10-3-2-4-12(7-10)17-9-16-13-8-11(15)5-6-14(13)17/h5-6,8-10,12H,2-4,7,15H2,1H3. The van der Waals surface area contributed by atoms with Crippen molar-refractivity contribution < 1.29 is 0 Å². The zero-order chi connectivity index (χ0) is 11.8. The third-order valence-corrected chi connectivity index (χ3v) is 3.90. The molecule has 2 unspecified atom stereocenters. The lowest BCUT2D eigenvalue weighted by molar-refractivity contribution is 0.286. The maximum absolute atomic E-state index is 5.78. The molecule has 3 rings (SSSR count). The lowest BCUT2D eigenvalue weighted by Gasteiger charge is -2.28. The second kappa shape index (κ2) is 4.06. The highest BCUT2D eigenvalue weighted by Crippen LogP contribution is 2.34. The molecule has 1 aliphatic rings. The molecule has 1 heterocycles. The van der Waals surface area contributed by atoms with E-state index < -0.39 is 0 Å². The SMILES string of the molecule is CC1CCCC(n2cnc3cc(N)ccc32)C1. The van der Waals surface area contributed by atoms with Gasteiger partial charge < -0.3 is 10.3 Å². The van der Waals surface area contributed by atoms with E-state index >= 15 is 0 Å².